The zero-order valence-electron chi connectivity index (χ0n) is 20.5. The van der Waals surface area contributed by atoms with Crippen molar-refractivity contribution in [3.8, 4) is 22.6 Å². The fourth-order valence-corrected chi connectivity index (χ4v) is 5.54. The molecule has 10 heteroatoms. The average Bonchev–Trinajstić information content (AvgIpc) is 3.29. The summed E-state index contributed by atoms with van der Waals surface area (Å²) in [4.78, 5) is 2.49. The number of thioether (sulfide) groups is 1. The number of halogens is 3. The minimum atomic E-state index is -0.885. The van der Waals surface area contributed by atoms with Crippen molar-refractivity contribution in [1.29, 1.82) is 0 Å². The Labute approximate surface area is 220 Å². The Balaban J connectivity index is 0.00000304. The van der Waals surface area contributed by atoms with Crippen LogP contribution in [0.15, 0.2) is 47.6 Å². The largest absolute Gasteiger partial charge is 0.305 e. The molecule has 5 rings (SSSR count). The Morgan fingerprint density at radius 3 is 2.36 bits per heavy atom. The third-order valence-corrected chi connectivity index (χ3v) is 7.55. The molecular weight excluding hydrogens is 502 g/mol. The van der Waals surface area contributed by atoms with Crippen molar-refractivity contribution in [1.82, 2.24) is 29.4 Å². The summed E-state index contributed by atoms with van der Waals surface area (Å²) in [6, 6.07) is 12.7. The monoisotopic (exact) mass is 530 g/mol. The van der Waals surface area contributed by atoms with Gasteiger partial charge < -0.3 is 9.47 Å². The molecule has 0 N–H and O–H groups in total. The summed E-state index contributed by atoms with van der Waals surface area (Å²) in [6.07, 6.45) is 2.06. The number of rotatable bonds is 6. The van der Waals surface area contributed by atoms with Gasteiger partial charge in [0.05, 0.1) is 11.4 Å². The summed E-state index contributed by atoms with van der Waals surface area (Å²) < 4.78 is 30.7. The fraction of sp³-hybridized carbons (Fsp3) is 0.346. The van der Waals surface area contributed by atoms with Crippen molar-refractivity contribution < 1.29 is 8.78 Å². The van der Waals surface area contributed by atoms with Crippen LogP contribution in [0.2, 0.25) is 0 Å². The van der Waals surface area contributed by atoms with E-state index >= 15 is 0 Å². The molecule has 0 spiro atoms. The van der Waals surface area contributed by atoms with Crippen molar-refractivity contribution in [2.24, 2.45) is 14.1 Å². The van der Waals surface area contributed by atoms with E-state index in [1.54, 1.807) is 11.8 Å². The molecule has 0 unspecified atom stereocenters. The van der Waals surface area contributed by atoms with Crippen LogP contribution in [0.5, 0.6) is 0 Å². The van der Waals surface area contributed by atoms with Gasteiger partial charge in [0.1, 0.15) is 0 Å². The Kier molecular flexibility index (Phi) is 8.12. The van der Waals surface area contributed by atoms with E-state index in [1.165, 1.54) is 22.8 Å². The zero-order valence-corrected chi connectivity index (χ0v) is 22.2. The van der Waals surface area contributed by atoms with Gasteiger partial charge >= 0.3 is 0 Å². The zero-order chi connectivity index (χ0) is 24.5. The molecule has 6 nitrogen and oxygen atoms in total. The van der Waals surface area contributed by atoms with Crippen LogP contribution in [0, 0.1) is 18.6 Å². The van der Waals surface area contributed by atoms with Crippen molar-refractivity contribution in [3.05, 3.63) is 70.9 Å². The Bertz CT molecular complexity index is 1370. The molecule has 0 bridgehead atoms. The van der Waals surface area contributed by atoms with E-state index < -0.39 is 11.6 Å². The van der Waals surface area contributed by atoms with Crippen LogP contribution < -0.4 is 0 Å². The van der Waals surface area contributed by atoms with Gasteiger partial charge in [0.2, 0.25) is 0 Å². The number of hydrogen-bond donors (Lipinski definition) is 0. The molecule has 2 aromatic carbocycles. The normalized spacial score (nSPS) is 13.8. The van der Waals surface area contributed by atoms with Crippen molar-refractivity contribution in [2.45, 2.75) is 24.9 Å². The van der Waals surface area contributed by atoms with Crippen molar-refractivity contribution >= 4 is 24.2 Å². The highest BCUT2D eigenvalue weighted by Crippen LogP contribution is 2.27. The molecule has 0 aliphatic carbocycles. The maximum atomic E-state index is 13.6. The number of nitrogens with zero attached hydrogens (tertiary/aromatic N) is 6. The topological polar surface area (TPSA) is 51.8 Å². The van der Waals surface area contributed by atoms with E-state index in [9.17, 15) is 8.78 Å². The van der Waals surface area contributed by atoms with Gasteiger partial charge in [-0.15, -0.1) is 22.6 Å². The maximum absolute atomic E-state index is 13.6. The van der Waals surface area contributed by atoms with E-state index in [0.29, 0.717) is 11.4 Å². The molecular formula is C26H29ClF2N6S. The average molecular weight is 531 g/mol. The molecule has 0 atom stereocenters. The minimum Gasteiger partial charge on any atom is -0.305 e. The Morgan fingerprint density at radius 1 is 0.889 bits per heavy atom. The molecule has 4 aromatic rings. The summed E-state index contributed by atoms with van der Waals surface area (Å²) in [7, 11) is 3.84. The van der Waals surface area contributed by atoms with Gasteiger partial charge in [0.25, 0.3) is 0 Å². The van der Waals surface area contributed by atoms with E-state index in [-0.39, 0.29) is 12.4 Å². The molecule has 0 saturated heterocycles. The highest BCUT2D eigenvalue weighted by Gasteiger charge is 2.17. The van der Waals surface area contributed by atoms with Crippen LogP contribution in [0.3, 0.4) is 0 Å². The third-order valence-electron chi connectivity index (χ3n) is 6.55. The van der Waals surface area contributed by atoms with Gasteiger partial charge in [0.15, 0.2) is 22.6 Å². The van der Waals surface area contributed by atoms with Crippen LogP contribution in [0.25, 0.3) is 22.6 Å². The lowest BCUT2D eigenvalue weighted by Gasteiger charge is -2.19. The van der Waals surface area contributed by atoms with Gasteiger partial charge in [-0.3, -0.25) is 4.68 Å². The molecule has 190 valence electrons. The SMILES string of the molecule is Cc1cc(-c2ccc3c(c2)CCN(CCSc2nnc(-c4ccc(F)c(F)c4)n2C)CC3)n(C)n1.Cl. The highest BCUT2D eigenvalue weighted by molar-refractivity contribution is 7.99. The summed E-state index contributed by atoms with van der Waals surface area (Å²) in [5, 5.41) is 13.7. The van der Waals surface area contributed by atoms with Gasteiger partial charge in [-0.05, 0) is 61.2 Å². The summed E-state index contributed by atoms with van der Waals surface area (Å²) in [6.45, 7) is 5.00. The molecule has 0 fully saturated rings. The predicted octanol–water partition coefficient (Wildman–Crippen LogP) is 5.08. The first-order chi connectivity index (χ1) is 16.9. The van der Waals surface area contributed by atoms with Crippen LogP contribution >= 0.6 is 24.2 Å². The number of hydrogen-bond acceptors (Lipinski definition) is 5. The van der Waals surface area contributed by atoms with Crippen LogP contribution in [-0.2, 0) is 26.9 Å². The second-order valence-electron chi connectivity index (χ2n) is 8.96. The molecule has 1 aliphatic heterocycles. The summed E-state index contributed by atoms with van der Waals surface area (Å²) in [5.41, 5.74) is 6.75. The smallest absolute Gasteiger partial charge is 0.191 e. The van der Waals surface area contributed by atoms with E-state index in [1.807, 2.05) is 30.3 Å². The molecule has 0 radical (unpaired) electrons. The lowest BCUT2D eigenvalue weighted by Crippen LogP contribution is -2.28. The first kappa shape index (κ1) is 26.3. The van der Waals surface area contributed by atoms with E-state index in [2.05, 4.69) is 44.5 Å². The number of aryl methyl sites for hydroxylation is 2. The second-order valence-corrected chi connectivity index (χ2v) is 10.0. The first-order valence-electron chi connectivity index (χ1n) is 11.7. The Morgan fingerprint density at radius 2 is 1.64 bits per heavy atom. The van der Waals surface area contributed by atoms with Gasteiger partial charge in [0, 0.05) is 50.6 Å². The van der Waals surface area contributed by atoms with Crippen LogP contribution in [0.4, 0.5) is 8.78 Å². The predicted molar refractivity (Wildman–Crippen MR) is 142 cm³/mol. The van der Waals surface area contributed by atoms with E-state index in [0.717, 1.165) is 66.9 Å². The molecule has 0 saturated carbocycles. The van der Waals surface area contributed by atoms with Crippen molar-refractivity contribution in [2.75, 3.05) is 25.4 Å². The van der Waals surface area contributed by atoms with E-state index in [4.69, 9.17) is 0 Å². The maximum Gasteiger partial charge on any atom is 0.191 e. The van der Waals surface area contributed by atoms with Gasteiger partial charge in [-0.1, -0.05) is 23.9 Å². The third kappa shape index (κ3) is 5.48. The molecule has 36 heavy (non-hydrogen) atoms. The summed E-state index contributed by atoms with van der Waals surface area (Å²) in [5.74, 6) is -0.353. The van der Waals surface area contributed by atoms with Gasteiger partial charge in [-0.25, -0.2) is 8.78 Å². The first-order valence-corrected chi connectivity index (χ1v) is 12.7. The van der Waals surface area contributed by atoms with Crippen LogP contribution in [0.1, 0.15) is 16.8 Å². The molecule has 1 aliphatic rings. The summed E-state index contributed by atoms with van der Waals surface area (Å²) >= 11 is 1.63. The lowest BCUT2D eigenvalue weighted by molar-refractivity contribution is 0.306. The minimum absolute atomic E-state index is 0. The molecule has 0 amide bonds. The highest BCUT2D eigenvalue weighted by atomic mass is 35.5. The number of aromatic nitrogens is 5. The standard InChI is InChI=1S/C26H28F2N6S.ClH/c1-17-14-24(33(3)31-17)20-5-4-18-8-10-34(11-9-19(18)15-20)12-13-35-26-30-29-25(32(26)2)21-6-7-22(27)23(28)16-21;/h4-7,14-16H,8-13H2,1-3H3;1H. The molecule has 3 heterocycles. The fourth-order valence-electron chi connectivity index (χ4n) is 4.63. The number of benzene rings is 2. The number of fused-ring (bicyclic) bond motifs is 1. The van der Waals surface area contributed by atoms with Gasteiger partial charge in [-0.2, -0.15) is 5.10 Å². The molecule has 2 aromatic heterocycles. The lowest BCUT2D eigenvalue weighted by atomic mass is 9.99. The Hall–Kier alpha value is -2.75. The second kappa shape index (κ2) is 11.1. The van der Waals surface area contributed by atoms with Crippen molar-refractivity contribution in [3.63, 3.8) is 0 Å². The van der Waals surface area contributed by atoms with Crippen LogP contribution in [-0.4, -0.2) is 54.8 Å². The quantitative estimate of drug-likeness (QED) is 0.325.